The first-order chi connectivity index (χ1) is 7.68. The van der Waals surface area contributed by atoms with E-state index in [-0.39, 0.29) is 10.7 Å². The summed E-state index contributed by atoms with van der Waals surface area (Å²) in [5, 5.41) is 37.2. The van der Waals surface area contributed by atoms with Crippen molar-refractivity contribution in [1.82, 2.24) is 20.6 Å². The fraction of sp³-hybridized carbons (Fsp3) is 0. The van der Waals surface area contributed by atoms with E-state index in [0.29, 0.717) is 0 Å². The topological polar surface area (TPSA) is 159 Å². The average molecular weight is 227 g/mol. The SMILES string of the molecule is O=[N+]([O-])c1nonc1[N+]([O-])=Nc1cnon1. The smallest absolute Gasteiger partial charge is 0.515 e. The molecule has 82 valence electrons. The lowest BCUT2D eigenvalue weighted by Gasteiger charge is -1.95. The molecule has 0 amide bonds. The summed E-state index contributed by atoms with van der Waals surface area (Å²) >= 11 is 0. The molecule has 0 spiro atoms. The van der Waals surface area contributed by atoms with E-state index in [9.17, 15) is 15.3 Å². The molecule has 0 bridgehead atoms. The quantitative estimate of drug-likeness (QED) is 0.310. The second kappa shape index (κ2) is 3.68. The van der Waals surface area contributed by atoms with Crippen LogP contribution in [0.25, 0.3) is 0 Å². The Kier molecular flexibility index (Phi) is 2.21. The lowest BCUT2D eigenvalue weighted by atomic mass is 10.7. The largest absolute Gasteiger partial charge is 0.690 e. The first-order valence-corrected chi connectivity index (χ1v) is 3.62. The summed E-state index contributed by atoms with van der Waals surface area (Å²) in [6, 6.07) is 0. The van der Waals surface area contributed by atoms with Crippen LogP contribution in [0, 0.1) is 15.3 Å². The third kappa shape index (κ3) is 1.66. The summed E-state index contributed by atoms with van der Waals surface area (Å²) in [5.74, 6) is -1.73. The average Bonchev–Trinajstić information content (AvgIpc) is 2.86. The van der Waals surface area contributed by atoms with Gasteiger partial charge in [-0.1, -0.05) is 10.3 Å². The Morgan fingerprint density at radius 2 is 1.94 bits per heavy atom. The van der Waals surface area contributed by atoms with Crippen LogP contribution in [0.3, 0.4) is 0 Å². The fourth-order valence-corrected chi connectivity index (χ4v) is 0.759. The number of hydrogen-bond donors (Lipinski definition) is 0. The van der Waals surface area contributed by atoms with Crippen LogP contribution in [-0.4, -0.2) is 30.4 Å². The second-order valence-electron chi connectivity index (χ2n) is 2.31. The van der Waals surface area contributed by atoms with Gasteiger partial charge in [-0.3, -0.25) is 0 Å². The molecule has 0 N–H and O–H groups in total. The minimum atomic E-state index is -0.937. The molecule has 0 aliphatic rings. The number of hydrogen-bond acceptors (Lipinski definition) is 10. The van der Waals surface area contributed by atoms with E-state index in [0.717, 1.165) is 6.20 Å². The van der Waals surface area contributed by atoms with E-state index in [1.807, 2.05) is 0 Å². The van der Waals surface area contributed by atoms with Crippen LogP contribution >= 0.6 is 0 Å². The number of azo groups is 1. The fourth-order valence-electron chi connectivity index (χ4n) is 0.759. The van der Waals surface area contributed by atoms with Crippen molar-refractivity contribution in [2.75, 3.05) is 0 Å². The molecule has 0 unspecified atom stereocenters. The van der Waals surface area contributed by atoms with Crippen molar-refractivity contribution in [3.63, 3.8) is 0 Å². The Morgan fingerprint density at radius 1 is 1.19 bits per heavy atom. The molecule has 12 nitrogen and oxygen atoms in total. The van der Waals surface area contributed by atoms with Gasteiger partial charge in [0.05, 0.1) is 0 Å². The van der Waals surface area contributed by atoms with E-state index in [4.69, 9.17) is 0 Å². The highest BCUT2D eigenvalue weighted by Crippen LogP contribution is 2.22. The monoisotopic (exact) mass is 227 g/mol. The third-order valence-electron chi connectivity index (χ3n) is 1.35. The summed E-state index contributed by atoms with van der Waals surface area (Å²) < 4.78 is 8.20. The van der Waals surface area contributed by atoms with Crippen molar-refractivity contribution in [2.45, 2.75) is 0 Å². The van der Waals surface area contributed by atoms with Crippen molar-refractivity contribution in [3.05, 3.63) is 21.5 Å². The van der Waals surface area contributed by atoms with Gasteiger partial charge in [0.1, 0.15) is 6.20 Å². The van der Waals surface area contributed by atoms with Gasteiger partial charge in [0.25, 0.3) is 5.82 Å². The van der Waals surface area contributed by atoms with Gasteiger partial charge in [-0.05, 0) is 14.7 Å². The molecular formula is C4HN7O5. The van der Waals surface area contributed by atoms with Gasteiger partial charge >= 0.3 is 11.6 Å². The predicted octanol–water partition coefficient (Wildman–Crippen LogP) is 0.286. The van der Waals surface area contributed by atoms with Crippen molar-refractivity contribution < 1.29 is 19.0 Å². The highest BCUT2D eigenvalue weighted by molar-refractivity contribution is 5.36. The lowest BCUT2D eigenvalue weighted by molar-refractivity contribution is -0.459. The molecule has 2 aromatic heterocycles. The lowest BCUT2D eigenvalue weighted by Crippen LogP contribution is -1.96. The van der Waals surface area contributed by atoms with Crippen LogP contribution in [0.1, 0.15) is 0 Å². The first kappa shape index (κ1) is 9.63. The standard InChI is InChI=1S/C4HN7O5/c12-10(6-2-1-5-15-7-2)3-4(11(13)14)9-16-8-3/h1H. The molecular weight excluding hydrogens is 226 g/mol. The van der Waals surface area contributed by atoms with Crippen molar-refractivity contribution in [1.29, 1.82) is 0 Å². The maximum Gasteiger partial charge on any atom is 0.515 e. The van der Waals surface area contributed by atoms with Crippen LogP contribution in [-0.2, 0) is 0 Å². The van der Waals surface area contributed by atoms with E-state index < -0.39 is 16.6 Å². The van der Waals surface area contributed by atoms with E-state index in [2.05, 4.69) is 35.0 Å². The normalized spacial score (nSPS) is 11.6. The van der Waals surface area contributed by atoms with Gasteiger partial charge in [-0.15, -0.1) is 4.86 Å². The Hall–Kier alpha value is -2.92. The van der Waals surface area contributed by atoms with Crippen LogP contribution in [0.4, 0.5) is 17.5 Å². The van der Waals surface area contributed by atoms with Crippen LogP contribution in [0.2, 0.25) is 0 Å². The van der Waals surface area contributed by atoms with Gasteiger partial charge in [0.2, 0.25) is 10.3 Å². The van der Waals surface area contributed by atoms with Crippen molar-refractivity contribution in [3.8, 4) is 0 Å². The zero-order valence-electron chi connectivity index (χ0n) is 7.25. The molecule has 0 atom stereocenters. The molecule has 0 saturated carbocycles. The molecule has 0 radical (unpaired) electrons. The van der Waals surface area contributed by atoms with Crippen LogP contribution in [0.5, 0.6) is 0 Å². The van der Waals surface area contributed by atoms with Gasteiger partial charge < -0.3 is 15.3 Å². The molecule has 0 saturated heterocycles. The van der Waals surface area contributed by atoms with E-state index in [1.165, 1.54) is 0 Å². The summed E-state index contributed by atoms with van der Waals surface area (Å²) in [7, 11) is 0. The number of rotatable bonds is 3. The van der Waals surface area contributed by atoms with Gasteiger partial charge in [-0.2, -0.15) is 0 Å². The molecule has 16 heavy (non-hydrogen) atoms. The number of aromatic nitrogens is 4. The number of nitro groups is 1. The highest BCUT2D eigenvalue weighted by atomic mass is 16.6. The Morgan fingerprint density at radius 3 is 2.56 bits per heavy atom. The molecule has 2 heterocycles. The minimum absolute atomic E-state index is 0.172. The summed E-state index contributed by atoms with van der Waals surface area (Å²) in [5.41, 5.74) is 0. The van der Waals surface area contributed by atoms with Crippen molar-refractivity contribution >= 4 is 17.5 Å². The summed E-state index contributed by atoms with van der Waals surface area (Å²) in [4.78, 5) is 9.27. The predicted molar refractivity (Wildman–Crippen MR) is 40.6 cm³/mol. The summed E-state index contributed by atoms with van der Waals surface area (Å²) in [6.07, 6.45) is 1.03. The molecule has 0 fully saturated rings. The van der Waals surface area contributed by atoms with Crippen molar-refractivity contribution in [2.24, 2.45) is 5.11 Å². The van der Waals surface area contributed by atoms with E-state index in [1.54, 1.807) is 0 Å². The minimum Gasteiger partial charge on any atom is -0.690 e. The van der Waals surface area contributed by atoms with Gasteiger partial charge in [0, 0.05) is 0 Å². The maximum absolute atomic E-state index is 11.3. The molecule has 0 aliphatic carbocycles. The Labute approximate surface area is 84.8 Å². The third-order valence-corrected chi connectivity index (χ3v) is 1.35. The van der Waals surface area contributed by atoms with Crippen LogP contribution in [0.15, 0.2) is 20.6 Å². The zero-order valence-corrected chi connectivity index (χ0v) is 7.25. The zero-order chi connectivity index (χ0) is 11.5. The second-order valence-corrected chi connectivity index (χ2v) is 2.31. The highest BCUT2D eigenvalue weighted by Gasteiger charge is 2.33. The molecule has 0 aliphatic heterocycles. The van der Waals surface area contributed by atoms with E-state index >= 15 is 0 Å². The summed E-state index contributed by atoms with van der Waals surface area (Å²) in [6.45, 7) is 0. The molecule has 2 aromatic rings. The molecule has 0 aromatic carbocycles. The molecule has 12 heteroatoms. The maximum atomic E-state index is 11.3. The Balaban J connectivity index is 2.37. The van der Waals surface area contributed by atoms with Gasteiger partial charge in [0.15, 0.2) is 0 Å². The van der Waals surface area contributed by atoms with Gasteiger partial charge in [-0.25, -0.2) is 4.63 Å². The molecule has 2 rings (SSSR count). The number of nitrogens with zero attached hydrogens (tertiary/aromatic N) is 7. The Bertz CT molecular complexity index is 529. The first-order valence-electron chi connectivity index (χ1n) is 3.62. The van der Waals surface area contributed by atoms with Crippen LogP contribution < -0.4 is 0 Å².